The second kappa shape index (κ2) is 8.79. The maximum Gasteiger partial charge on any atom is 0.432 e. The first-order valence-electron chi connectivity index (χ1n) is 8.77. The van der Waals surface area contributed by atoms with Crippen LogP contribution in [0, 0.1) is 0 Å². The number of ketones is 1. The zero-order chi connectivity index (χ0) is 20.8. The second-order valence-corrected chi connectivity index (χ2v) is 6.04. The van der Waals surface area contributed by atoms with Gasteiger partial charge in [-0.25, -0.2) is 4.79 Å². The number of nitrogens with one attached hydrogen (secondary N) is 2. The Hall–Kier alpha value is -4.01. The minimum absolute atomic E-state index is 0.215. The van der Waals surface area contributed by atoms with Gasteiger partial charge in [0.05, 0.1) is 13.3 Å². The Balaban J connectivity index is 1.92. The second-order valence-electron chi connectivity index (χ2n) is 6.04. The Morgan fingerprint density at radius 1 is 1.17 bits per heavy atom. The van der Waals surface area contributed by atoms with Crippen molar-refractivity contribution < 1.29 is 19.0 Å². The van der Waals surface area contributed by atoms with E-state index in [0.717, 1.165) is 10.4 Å². The number of amides is 1. The van der Waals surface area contributed by atoms with Gasteiger partial charge in [-0.3, -0.25) is 9.59 Å². The Labute approximate surface area is 166 Å². The van der Waals surface area contributed by atoms with Crippen molar-refractivity contribution in [1.29, 1.82) is 0 Å². The van der Waals surface area contributed by atoms with Crippen LogP contribution in [0.25, 0.3) is 0 Å². The number of methoxy groups -OCH3 is 1. The summed E-state index contributed by atoms with van der Waals surface area (Å²) in [6.07, 6.45) is 1.45. The molecule has 1 heterocycles. The van der Waals surface area contributed by atoms with Gasteiger partial charge in [0.25, 0.3) is 0 Å². The fourth-order valence-electron chi connectivity index (χ4n) is 2.63. The summed E-state index contributed by atoms with van der Waals surface area (Å²) < 4.78 is 6.28. The SMILES string of the molecule is CNC(=O)c1c(=O)n(/N=C\c2ccc(OC)cc2)[nH][n+]1CC(=O)c1ccccc1. The summed E-state index contributed by atoms with van der Waals surface area (Å²) in [5, 5.41) is 9.16. The Kier molecular flexibility index (Phi) is 5.98. The summed E-state index contributed by atoms with van der Waals surface area (Å²) in [5.41, 5.74) is 0.303. The molecule has 0 saturated heterocycles. The minimum atomic E-state index is -0.671. The predicted molar refractivity (Wildman–Crippen MR) is 105 cm³/mol. The topological polar surface area (TPSA) is 109 Å². The van der Waals surface area contributed by atoms with Crippen molar-refractivity contribution in [2.75, 3.05) is 14.2 Å². The third kappa shape index (κ3) is 4.46. The Morgan fingerprint density at radius 3 is 2.48 bits per heavy atom. The molecule has 2 N–H and O–H groups in total. The summed E-state index contributed by atoms with van der Waals surface area (Å²) in [7, 11) is 2.97. The number of carbonyl (C=O) groups excluding carboxylic acids is 2. The van der Waals surface area contributed by atoms with Crippen LogP contribution in [-0.2, 0) is 6.54 Å². The van der Waals surface area contributed by atoms with Gasteiger partial charge in [0.15, 0.2) is 6.54 Å². The van der Waals surface area contributed by atoms with Crippen molar-refractivity contribution in [2.45, 2.75) is 6.54 Å². The predicted octanol–water partition coefficient (Wildman–Crippen LogP) is 0.597. The summed E-state index contributed by atoms with van der Waals surface area (Å²) in [6.45, 7) is -0.215. The maximum absolute atomic E-state index is 12.6. The number of hydrogen-bond acceptors (Lipinski definition) is 5. The van der Waals surface area contributed by atoms with E-state index in [1.807, 2.05) is 0 Å². The molecule has 2 aromatic carbocycles. The average Bonchev–Trinajstić information content (AvgIpc) is 3.07. The van der Waals surface area contributed by atoms with Gasteiger partial charge in [-0.05, 0) is 29.8 Å². The van der Waals surface area contributed by atoms with Gasteiger partial charge in [-0.15, -0.1) is 4.68 Å². The van der Waals surface area contributed by atoms with E-state index in [4.69, 9.17) is 4.74 Å². The van der Waals surface area contributed by atoms with Crippen molar-refractivity contribution >= 4 is 17.9 Å². The lowest BCUT2D eigenvalue weighted by atomic mass is 10.1. The molecule has 148 valence electrons. The minimum Gasteiger partial charge on any atom is -0.497 e. The lowest BCUT2D eigenvalue weighted by molar-refractivity contribution is -0.744. The molecule has 3 rings (SSSR count). The summed E-state index contributed by atoms with van der Waals surface area (Å²) in [4.78, 5) is 38.2. The third-order valence-electron chi connectivity index (χ3n) is 4.16. The molecular formula is C20H20N5O4+. The van der Waals surface area contributed by atoms with E-state index in [2.05, 4.69) is 15.6 Å². The van der Waals surface area contributed by atoms with Gasteiger partial charge in [-0.2, -0.15) is 0 Å². The van der Waals surface area contributed by atoms with Gasteiger partial charge in [0.2, 0.25) is 5.78 Å². The van der Waals surface area contributed by atoms with E-state index in [-0.39, 0.29) is 18.0 Å². The normalized spacial score (nSPS) is 10.8. The van der Waals surface area contributed by atoms with E-state index in [0.29, 0.717) is 11.3 Å². The summed E-state index contributed by atoms with van der Waals surface area (Å²) in [5.74, 6) is -0.183. The first-order valence-corrected chi connectivity index (χ1v) is 8.77. The van der Waals surface area contributed by atoms with Crippen molar-refractivity contribution in [1.82, 2.24) is 15.3 Å². The highest BCUT2D eigenvalue weighted by molar-refractivity contribution is 5.95. The molecule has 1 aromatic heterocycles. The molecule has 0 saturated carbocycles. The number of hydrogen-bond donors (Lipinski definition) is 2. The van der Waals surface area contributed by atoms with Gasteiger partial charge in [0, 0.05) is 17.4 Å². The van der Waals surface area contributed by atoms with Crippen molar-refractivity contribution in [2.24, 2.45) is 5.10 Å². The number of aromatic nitrogens is 3. The molecule has 9 heteroatoms. The smallest absolute Gasteiger partial charge is 0.432 e. The fraction of sp³-hybridized carbons (Fsp3) is 0.150. The van der Waals surface area contributed by atoms with E-state index >= 15 is 0 Å². The summed E-state index contributed by atoms with van der Waals surface area (Å²) >= 11 is 0. The number of nitrogens with zero attached hydrogens (tertiary/aromatic N) is 3. The molecule has 0 unspecified atom stereocenters. The van der Waals surface area contributed by atoms with Crippen LogP contribution in [0.4, 0.5) is 0 Å². The molecular weight excluding hydrogens is 374 g/mol. The van der Waals surface area contributed by atoms with Crippen LogP contribution in [0.2, 0.25) is 0 Å². The molecule has 0 aliphatic rings. The van der Waals surface area contributed by atoms with Crippen LogP contribution in [0.3, 0.4) is 0 Å². The van der Waals surface area contributed by atoms with E-state index in [1.54, 1.807) is 61.7 Å². The highest BCUT2D eigenvalue weighted by Crippen LogP contribution is 2.09. The highest BCUT2D eigenvalue weighted by Gasteiger charge is 2.29. The standard InChI is InChI=1S/C20H19N5O4/c1-21-19(27)18-20(28)25(22-12-14-8-10-16(29-2)11-9-14)23-24(18)13-17(26)15-6-4-3-5-7-15/h3-12H,13H2,1-2H3,(H-,21,23,27,28)/p+1/b22-12-. The fourth-order valence-corrected chi connectivity index (χ4v) is 2.63. The van der Waals surface area contributed by atoms with Gasteiger partial charge in [-0.1, -0.05) is 40.6 Å². The van der Waals surface area contributed by atoms with Crippen LogP contribution < -0.4 is 20.3 Å². The van der Waals surface area contributed by atoms with Crippen LogP contribution in [-0.4, -0.2) is 42.1 Å². The zero-order valence-corrected chi connectivity index (χ0v) is 16.0. The molecule has 3 aromatic rings. The number of aromatic amines is 1. The van der Waals surface area contributed by atoms with E-state index < -0.39 is 11.5 Å². The lowest BCUT2D eigenvalue weighted by Crippen LogP contribution is -2.48. The van der Waals surface area contributed by atoms with Crippen LogP contribution >= 0.6 is 0 Å². The zero-order valence-electron chi connectivity index (χ0n) is 16.0. The number of ether oxygens (including phenoxy) is 1. The number of H-pyrrole nitrogens is 1. The largest absolute Gasteiger partial charge is 0.497 e. The van der Waals surface area contributed by atoms with Crippen LogP contribution in [0.15, 0.2) is 64.5 Å². The molecule has 0 atom stereocenters. The summed E-state index contributed by atoms with van der Waals surface area (Å²) in [6, 6.07) is 15.7. The van der Waals surface area contributed by atoms with Gasteiger partial charge < -0.3 is 10.1 Å². The molecule has 0 fully saturated rings. The lowest BCUT2D eigenvalue weighted by Gasteiger charge is -1.99. The van der Waals surface area contributed by atoms with E-state index in [1.165, 1.54) is 17.9 Å². The Morgan fingerprint density at radius 2 is 1.86 bits per heavy atom. The van der Waals surface area contributed by atoms with Gasteiger partial charge in [0.1, 0.15) is 5.75 Å². The van der Waals surface area contributed by atoms with Gasteiger partial charge >= 0.3 is 17.2 Å². The number of rotatable bonds is 7. The monoisotopic (exact) mass is 394 g/mol. The third-order valence-corrected chi connectivity index (χ3v) is 4.16. The molecule has 29 heavy (non-hydrogen) atoms. The molecule has 9 nitrogen and oxygen atoms in total. The molecule has 1 amide bonds. The first-order chi connectivity index (χ1) is 14.0. The number of benzene rings is 2. The molecule has 0 spiro atoms. The highest BCUT2D eigenvalue weighted by atomic mass is 16.5. The van der Waals surface area contributed by atoms with E-state index in [9.17, 15) is 14.4 Å². The first kappa shape index (κ1) is 19.7. The number of carbonyl (C=O) groups is 2. The average molecular weight is 394 g/mol. The maximum atomic E-state index is 12.6. The Bertz CT molecular complexity index is 1100. The molecule has 0 bridgehead atoms. The van der Waals surface area contributed by atoms with Crippen LogP contribution in [0.1, 0.15) is 26.4 Å². The van der Waals surface area contributed by atoms with Crippen molar-refractivity contribution in [3.8, 4) is 5.75 Å². The number of Topliss-reactive ketones (excluding diaryl/α,β-unsaturated/α-hetero) is 1. The molecule has 0 radical (unpaired) electrons. The van der Waals surface area contributed by atoms with Crippen LogP contribution in [0.5, 0.6) is 5.75 Å². The molecule has 0 aliphatic heterocycles. The molecule has 0 aliphatic carbocycles. The quantitative estimate of drug-likeness (QED) is 0.347. The van der Waals surface area contributed by atoms with Crippen molar-refractivity contribution in [3.63, 3.8) is 0 Å². The van der Waals surface area contributed by atoms with Crippen molar-refractivity contribution in [3.05, 3.63) is 81.8 Å².